The van der Waals surface area contributed by atoms with Crippen LogP contribution in [-0.2, 0) is 14.3 Å². The number of hydrogen-bond acceptors (Lipinski definition) is 5. The highest BCUT2D eigenvalue weighted by molar-refractivity contribution is 5.90. The maximum absolute atomic E-state index is 11.9. The van der Waals surface area contributed by atoms with Crippen LogP contribution in [0.4, 0.5) is 0 Å². The van der Waals surface area contributed by atoms with E-state index in [2.05, 4.69) is 10.3 Å². The van der Waals surface area contributed by atoms with Crippen LogP contribution in [0.2, 0.25) is 0 Å². The number of aryl methyl sites for hydroxylation is 1. The van der Waals surface area contributed by atoms with Gasteiger partial charge in [-0.1, -0.05) is 6.07 Å². The predicted octanol–water partition coefficient (Wildman–Crippen LogP) is 0.562. The molecule has 0 saturated heterocycles. The topological polar surface area (TPSA) is 81.9 Å². The number of nitrogens with one attached hydrogen (secondary N) is 1. The van der Waals surface area contributed by atoms with E-state index in [1.54, 1.807) is 16.7 Å². The van der Waals surface area contributed by atoms with Crippen LogP contribution in [0.15, 0.2) is 24.4 Å². The summed E-state index contributed by atoms with van der Waals surface area (Å²) in [5, 5.41) is 2.56. The summed E-state index contributed by atoms with van der Waals surface area (Å²) >= 11 is 0. The summed E-state index contributed by atoms with van der Waals surface area (Å²) in [4.78, 5) is 27.4. The molecule has 2 rings (SSSR count). The standard InChI is InChI=1S/C14H17N3O4/c1-10-4-3-5-12-16-11(8-17(10)12)14(19)21-9-13(18)15-6-7-20-2/h3-5,8H,6-7,9H2,1-2H3,(H,15,18). The first-order valence-corrected chi connectivity index (χ1v) is 6.49. The van der Waals surface area contributed by atoms with Gasteiger partial charge in [-0.25, -0.2) is 9.78 Å². The zero-order valence-corrected chi connectivity index (χ0v) is 12.0. The molecule has 0 aliphatic rings. The molecule has 0 atom stereocenters. The Balaban J connectivity index is 1.93. The number of ether oxygens (including phenoxy) is 2. The van der Waals surface area contributed by atoms with Gasteiger partial charge in [0.1, 0.15) is 5.65 Å². The van der Waals surface area contributed by atoms with E-state index in [0.717, 1.165) is 5.69 Å². The van der Waals surface area contributed by atoms with Crippen molar-refractivity contribution in [3.8, 4) is 0 Å². The normalized spacial score (nSPS) is 10.6. The van der Waals surface area contributed by atoms with Crippen molar-refractivity contribution < 1.29 is 19.1 Å². The Kier molecular flexibility index (Phi) is 4.89. The largest absolute Gasteiger partial charge is 0.451 e. The Labute approximate surface area is 121 Å². The van der Waals surface area contributed by atoms with Gasteiger partial charge in [-0.2, -0.15) is 0 Å². The summed E-state index contributed by atoms with van der Waals surface area (Å²) in [6.07, 6.45) is 1.59. The molecule has 1 N–H and O–H groups in total. The Morgan fingerprint density at radius 2 is 2.19 bits per heavy atom. The number of carbonyl (C=O) groups excluding carboxylic acids is 2. The van der Waals surface area contributed by atoms with E-state index in [1.807, 2.05) is 19.1 Å². The number of carbonyl (C=O) groups is 2. The molecule has 0 fully saturated rings. The van der Waals surface area contributed by atoms with Crippen LogP contribution in [0.5, 0.6) is 0 Å². The Hall–Kier alpha value is -2.41. The lowest BCUT2D eigenvalue weighted by Crippen LogP contribution is -2.31. The molecule has 0 aliphatic heterocycles. The number of amides is 1. The number of aromatic nitrogens is 2. The van der Waals surface area contributed by atoms with E-state index in [-0.39, 0.29) is 18.2 Å². The van der Waals surface area contributed by atoms with Crippen molar-refractivity contribution in [3.05, 3.63) is 35.8 Å². The smallest absolute Gasteiger partial charge is 0.359 e. The highest BCUT2D eigenvalue weighted by Gasteiger charge is 2.14. The van der Waals surface area contributed by atoms with E-state index < -0.39 is 5.97 Å². The van der Waals surface area contributed by atoms with E-state index >= 15 is 0 Å². The summed E-state index contributed by atoms with van der Waals surface area (Å²) in [7, 11) is 1.54. The van der Waals surface area contributed by atoms with Gasteiger partial charge in [0.2, 0.25) is 0 Å². The van der Waals surface area contributed by atoms with Gasteiger partial charge in [0, 0.05) is 25.5 Å². The van der Waals surface area contributed by atoms with Crippen molar-refractivity contribution in [2.24, 2.45) is 0 Å². The number of hydrogen-bond donors (Lipinski definition) is 1. The van der Waals surface area contributed by atoms with Crippen LogP contribution in [-0.4, -0.2) is 48.1 Å². The molecule has 0 bridgehead atoms. The van der Waals surface area contributed by atoms with Crippen molar-refractivity contribution in [1.82, 2.24) is 14.7 Å². The second-order valence-electron chi connectivity index (χ2n) is 4.44. The van der Waals surface area contributed by atoms with Gasteiger partial charge in [0.25, 0.3) is 5.91 Å². The highest BCUT2D eigenvalue weighted by Crippen LogP contribution is 2.09. The summed E-state index contributed by atoms with van der Waals surface area (Å²) in [6.45, 7) is 2.36. The number of esters is 1. The molecule has 0 aliphatic carbocycles. The predicted molar refractivity (Wildman–Crippen MR) is 75.1 cm³/mol. The number of pyridine rings is 1. The third-order valence-electron chi connectivity index (χ3n) is 2.87. The number of nitrogens with zero attached hydrogens (tertiary/aromatic N) is 2. The second kappa shape index (κ2) is 6.85. The van der Waals surface area contributed by atoms with Gasteiger partial charge in [-0.05, 0) is 19.1 Å². The summed E-state index contributed by atoms with van der Waals surface area (Å²) in [6, 6.07) is 5.56. The van der Waals surface area contributed by atoms with Crippen LogP contribution in [0.3, 0.4) is 0 Å². The fraction of sp³-hybridized carbons (Fsp3) is 0.357. The van der Waals surface area contributed by atoms with Crippen LogP contribution < -0.4 is 5.32 Å². The molecular weight excluding hydrogens is 274 g/mol. The monoisotopic (exact) mass is 291 g/mol. The SMILES string of the molecule is COCCNC(=O)COC(=O)c1cn2c(C)cccc2n1. The van der Waals surface area contributed by atoms with Gasteiger partial charge in [-0.15, -0.1) is 0 Å². The van der Waals surface area contributed by atoms with E-state index in [0.29, 0.717) is 18.8 Å². The molecule has 7 nitrogen and oxygen atoms in total. The minimum absolute atomic E-state index is 0.175. The summed E-state index contributed by atoms with van der Waals surface area (Å²) in [5.74, 6) is -1.000. The van der Waals surface area contributed by atoms with Gasteiger partial charge in [-0.3, -0.25) is 4.79 Å². The molecule has 7 heteroatoms. The van der Waals surface area contributed by atoms with E-state index in [4.69, 9.17) is 9.47 Å². The first kappa shape index (κ1) is 15.0. The van der Waals surface area contributed by atoms with Crippen molar-refractivity contribution in [2.75, 3.05) is 26.9 Å². The van der Waals surface area contributed by atoms with Crippen molar-refractivity contribution in [3.63, 3.8) is 0 Å². The quantitative estimate of drug-likeness (QED) is 0.621. The Morgan fingerprint density at radius 3 is 2.90 bits per heavy atom. The molecule has 2 aromatic rings. The summed E-state index contributed by atoms with van der Waals surface area (Å²) < 4.78 is 11.5. The molecule has 1 amide bonds. The average molecular weight is 291 g/mol. The first-order chi connectivity index (χ1) is 10.1. The van der Waals surface area contributed by atoms with Crippen molar-refractivity contribution in [2.45, 2.75) is 6.92 Å². The Bertz CT molecular complexity index is 651. The fourth-order valence-electron chi connectivity index (χ4n) is 1.80. The molecule has 0 radical (unpaired) electrons. The van der Waals surface area contributed by atoms with Crippen LogP contribution in [0.25, 0.3) is 5.65 Å². The third-order valence-corrected chi connectivity index (χ3v) is 2.87. The lowest BCUT2D eigenvalue weighted by atomic mass is 10.4. The van der Waals surface area contributed by atoms with Gasteiger partial charge < -0.3 is 19.2 Å². The maximum Gasteiger partial charge on any atom is 0.359 e. The van der Waals surface area contributed by atoms with E-state index in [9.17, 15) is 9.59 Å². The van der Waals surface area contributed by atoms with Crippen LogP contribution >= 0.6 is 0 Å². The summed E-state index contributed by atoms with van der Waals surface area (Å²) in [5.41, 5.74) is 1.79. The number of imidazole rings is 1. The number of fused-ring (bicyclic) bond motifs is 1. The third kappa shape index (κ3) is 3.79. The molecule has 0 spiro atoms. The highest BCUT2D eigenvalue weighted by atomic mass is 16.5. The average Bonchev–Trinajstić information content (AvgIpc) is 2.91. The molecule has 21 heavy (non-hydrogen) atoms. The molecule has 2 aromatic heterocycles. The zero-order chi connectivity index (χ0) is 15.2. The first-order valence-electron chi connectivity index (χ1n) is 6.49. The van der Waals surface area contributed by atoms with Crippen molar-refractivity contribution >= 4 is 17.5 Å². The zero-order valence-electron chi connectivity index (χ0n) is 12.0. The minimum Gasteiger partial charge on any atom is -0.451 e. The van der Waals surface area contributed by atoms with Gasteiger partial charge in [0.05, 0.1) is 6.61 Å². The molecule has 112 valence electrons. The van der Waals surface area contributed by atoms with Crippen molar-refractivity contribution in [1.29, 1.82) is 0 Å². The van der Waals surface area contributed by atoms with Gasteiger partial charge >= 0.3 is 5.97 Å². The molecule has 0 saturated carbocycles. The number of methoxy groups -OCH3 is 1. The fourth-order valence-corrected chi connectivity index (χ4v) is 1.80. The minimum atomic E-state index is -0.625. The molecule has 2 heterocycles. The molecule has 0 aromatic carbocycles. The van der Waals surface area contributed by atoms with E-state index in [1.165, 1.54) is 7.11 Å². The van der Waals surface area contributed by atoms with Gasteiger partial charge in [0.15, 0.2) is 12.3 Å². The molecular formula is C14H17N3O4. The molecule has 0 unspecified atom stereocenters. The maximum atomic E-state index is 11.9. The number of rotatable bonds is 6. The van der Waals surface area contributed by atoms with Crippen LogP contribution in [0.1, 0.15) is 16.2 Å². The Morgan fingerprint density at radius 1 is 1.38 bits per heavy atom. The lowest BCUT2D eigenvalue weighted by molar-refractivity contribution is -0.124. The second-order valence-corrected chi connectivity index (χ2v) is 4.44. The lowest BCUT2D eigenvalue weighted by Gasteiger charge is -2.04. The van der Waals surface area contributed by atoms with Crippen LogP contribution in [0, 0.1) is 6.92 Å².